The number of aliphatic imine (C=N–C) groups is 1. The Balaban J connectivity index is 1.56. The van der Waals surface area contributed by atoms with E-state index in [-0.39, 0.29) is 0 Å². The van der Waals surface area contributed by atoms with Gasteiger partial charge in [-0.05, 0) is 29.1 Å². The number of nitrogens with zero attached hydrogens (tertiary/aromatic N) is 2. The van der Waals surface area contributed by atoms with Gasteiger partial charge >= 0.3 is 0 Å². The van der Waals surface area contributed by atoms with Crippen LogP contribution in [0.3, 0.4) is 0 Å². The summed E-state index contributed by atoms with van der Waals surface area (Å²) in [6.07, 6.45) is 0. The molecule has 3 rings (SSSR count). The lowest BCUT2D eigenvalue weighted by molar-refractivity contribution is 0.0177. The van der Waals surface area contributed by atoms with Crippen LogP contribution in [0.4, 0.5) is 0 Å². The summed E-state index contributed by atoms with van der Waals surface area (Å²) in [4.78, 5) is 8.20. The molecule has 1 fully saturated rings. The summed E-state index contributed by atoms with van der Waals surface area (Å²) in [6, 6.07) is 12.5. The van der Waals surface area contributed by atoms with Crippen LogP contribution in [0.25, 0.3) is 0 Å². The summed E-state index contributed by atoms with van der Waals surface area (Å²) < 4.78 is 5.51. The van der Waals surface area contributed by atoms with Crippen molar-refractivity contribution in [2.24, 2.45) is 4.99 Å². The summed E-state index contributed by atoms with van der Waals surface area (Å²) in [6.45, 7) is 5.03. The van der Waals surface area contributed by atoms with Crippen LogP contribution in [-0.2, 0) is 11.3 Å². The highest BCUT2D eigenvalue weighted by Crippen LogP contribution is 2.25. The van der Waals surface area contributed by atoms with Crippen molar-refractivity contribution in [3.8, 4) is 0 Å². The van der Waals surface area contributed by atoms with Gasteiger partial charge in [-0.25, -0.2) is 0 Å². The van der Waals surface area contributed by atoms with Crippen molar-refractivity contribution >= 4 is 28.9 Å². The van der Waals surface area contributed by atoms with Gasteiger partial charge in [-0.1, -0.05) is 29.8 Å². The molecule has 26 heavy (non-hydrogen) atoms. The third-order valence-electron chi connectivity index (χ3n) is 4.42. The van der Waals surface area contributed by atoms with Crippen LogP contribution in [0.1, 0.15) is 16.5 Å². The fourth-order valence-electron chi connectivity index (χ4n) is 2.98. The van der Waals surface area contributed by atoms with Gasteiger partial charge in [0.2, 0.25) is 0 Å². The van der Waals surface area contributed by atoms with Gasteiger partial charge in [-0.15, -0.1) is 11.3 Å². The zero-order valence-electron chi connectivity index (χ0n) is 15.0. The van der Waals surface area contributed by atoms with Crippen LogP contribution in [0.15, 0.2) is 46.8 Å². The standard InChI is InChI=1S/C19H25ClN4OS/c1-21-19(22-13-15-4-6-16(20)7-5-15)23-14-17(18-3-2-12-26-18)24-8-10-25-11-9-24/h2-7,12,17H,8-11,13-14H2,1H3,(H2,21,22,23). The van der Waals surface area contributed by atoms with Gasteiger partial charge in [0.25, 0.3) is 0 Å². The van der Waals surface area contributed by atoms with Crippen molar-refractivity contribution in [1.82, 2.24) is 15.5 Å². The monoisotopic (exact) mass is 392 g/mol. The highest BCUT2D eigenvalue weighted by molar-refractivity contribution is 7.10. The fraction of sp³-hybridized carbons (Fsp3) is 0.421. The second-order valence-electron chi connectivity index (χ2n) is 6.11. The predicted molar refractivity (Wildman–Crippen MR) is 109 cm³/mol. The zero-order valence-corrected chi connectivity index (χ0v) is 16.5. The predicted octanol–water partition coefficient (Wildman–Crippen LogP) is 3.14. The van der Waals surface area contributed by atoms with Gasteiger partial charge < -0.3 is 15.4 Å². The average molecular weight is 393 g/mol. The van der Waals surface area contributed by atoms with Crippen molar-refractivity contribution in [2.45, 2.75) is 12.6 Å². The smallest absolute Gasteiger partial charge is 0.191 e. The molecule has 0 aliphatic carbocycles. The number of nitrogens with one attached hydrogen (secondary N) is 2. The molecule has 1 atom stereocenters. The lowest BCUT2D eigenvalue weighted by Crippen LogP contribution is -2.46. The van der Waals surface area contributed by atoms with Crippen molar-refractivity contribution < 1.29 is 4.74 Å². The average Bonchev–Trinajstić information content (AvgIpc) is 3.21. The van der Waals surface area contributed by atoms with Crippen LogP contribution in [-0.4, -0.2) is 50.8 Å². The molecule has 0 saturated carbocycles. The lowest BCUT2D eigenvalue weighted by Gasteiger charge is -2.34. The molecule has 1 aliphatic heterocycles. The van der Waals surface area contributed by atoms with E-state index in [9.17, 15) is 0 Å². The summed E-state index contributed by atoms with van der Waals surface area (Å²) >= 11 is 7.74. The van der Waals surface area contributed by atoms with E-state index >= 15 is 0 Å². The molecular formula is C19H25ClN4OS. The van der Waals surface area contributed by atoms with Crippen LogP contribution in [0, 0.1) is 0 Å². The Kier molecular flexibility index (Phi) is 7.32. The van der Waals surface area contributed by atoms with E-state index in [1.165, 1.54) is 10.4 Å². The SMILES string of the molecule is CN=C(NCc1ccc(Cl)cc1)NCC(c1cccs1)N1CCOCC1. The maximum Gasteiger partial charge on any atom is 0.191 e. The number of hydrogen-bond acceptors (Lipinski definition) is 4. The molecule has 1 aromatic carbocycles. The van der Waals surface area contributed by atoms with Gasteiger partial charge in [0.1, 0.15) is 0 Å². The number of guanidine groups is 1. The number of morpholine rings is 1. The largest absolute Gasteiger partial charge is 0.379 e. The quantitative estimate of drug-likeness (QED) is 0.585. The number of ether oxygens (including phenoxy) is 1. The van der Waals surface area contributed by atoms with E-state index in [0.717, 1.165) is 43.8 Å². The van der Waals surface area contributed by atoms with Crippen molar-refractivity contribution in [3.63, 3.8) is 0 Å². The number of rotatable bonds is 6. The first-order valence-corrected chi connectivity index (χ1v) is 10.1. The molecule has 2 aromatic rings. The van der Waals surface area contributed by atoms with E-state index in [1.807, 2.05) is 24.3 Å². The number of halogens is 1. The summed E-state index contributed by atoms with van der Waals surface area (Å²) in [5.41, 5.74) is 1.17. The number of thiophene rings is 1. The molecule has 2 heterocycles. The molecule has 1 saturated heterocycles. The van der Waals surface area contributed by atoms with E-state index < -0.39 is 0 Å². The van der Waals surface area contributed by atoms with E-state index in [1.54, 1.807) is 18.4 Å². The fourth-order valence-corrected chi connectivity index (χ4v) is 3.97. The molecular weight excluding hydrogens is 368 g/mol. The molecule has 2 N–H and O–H groups in total. The number of benzene rings is 1. The van der Waals surface area contributed by atoms with Gasteiger partial charge in [0.05, 0.1) is 19.3 Å². The van der Waals surface area contributed by atoms with E-state index in [4.69, 9.17) is 16.3 Å². The Bertz CT molecular complexity index is 684. The van der Waals surface area contributed by atoms with Gasteiger partial charge in [-0.2, -0.15) is 0 Å². The second-order valence-corrected chi connectivity index (χ2v) is 7.53. The molecule has 0 amide bonds. The molecule has 7 heteroatoms. The Morgan fingerprint density at radius 3 is 2.65 bits per heavy atom. The highest BCUT2D eigenvalue weighted by Gasteiger charge is 2.23. The molecule has 0 spiro atoms. The zero-order chi connectivity index (χ0) is 18.2. The Morgan fingerprint density at radius 1 is 1.23 bits per heavy atom. The van der Waals surface area contributed by atoms with Crippen molar-refractivity contribution in [2.75, 3.05) is 39.9 Å². The lowest BCUT2D eigenvalue weighted by atomic mass is 10.2. The van der Waals surface area contributed by atoms with Gasteiger partial charge in [0, 0.05) is 43.1 Å². The van der Waals surface area contributed by atoms with Crippen LogP contribution in [0.5, 0.6) is 0 Å². The Hall–Kier alpha value is -1.60. The highest BCUT2D eigenvalue weighted by atomic mass is 35.5. The van der Waals surface area contributed by atoms with Crippen LogP contribution in [0.2, 0.25) is 5.02 Å². The normalized spacial score (nSPS) is 17.1. The molecule has 1 aromatic heterocycles. The molecule has 1 aliphatic rings. The van der Waals surface area contributed by atoms with Crippen LogP contribution >= 0.6 is 22.9 Å². The van der Waals surface area contributed by atoms with Gasteiger partial charge in [-0.3, -0.25) is 9.89 Å². The maximum atomic E-state index is 5.94. The second kappa shape index (κ2) is 9.92. The molecule has 1 unspecified atom stereocenters. The summed E-state index contributed by atoms with van der Waals surface area (Å²) in [5.74, 6) is 0.801. The number of hydrogen-bond donors (Lipinski definition) is 2. The summed E-state index contributed by atoms with van der Waals surface area (Å²) in [7, 11) is 1.80. The molecule has 140 valence electrons. The van der Waals surface area contributed by atoms with E-state index in [0.29, 0.717) is 12.6 Å². The molecule has 0 bridgehead atoms. The topological polar surface area (TPSA) is 48.9 Å². The van der Waals surface area contributed by atoms with E-state index in [2.05, 4.69) is 38.0 Å². The minimum atomic E-state index is 0.327. The minimum absolute atomic E-state index is 0.327. The van der Waals surface area contributed by atoms with Crippen LogP contribution < -0.4 is 10.6 Å². The first-order chi connectivity index (χ1) is 12.8. The third-order valence-corrected chi connectivity index (χ3v) is 5.64. The Labute approximate surface area is 164 Å². The minimum Gasteiger partial charge on any atom is -0.379 e. The summed E-state index contributed by atoms with van der Waals surface area (Å²) in [5, 5.41) is 9.72. The maximum absolute atomic E-state index is 5.94. The van der Waals surface area contributed by atoms with Crippen molar-refractivity contribution in [3.05, 3.63) is 57.2 Å². The van der Waals surface area contributed by atoms with Gasteiger partial charge in [0.15, 0.2) is 5.96 Å². The Morgan fingerprint density at radius 2 is 2.00 bits per heavy atom. The first kappa shape index (κ1) is 19.2. The molecule has 5 nitrogen and oxygen atoms in total. The molecule has 0 radical (unpaired) electrons. The first-order valence-electron chi connectivity index (χ1n) is 8.80. The van der Waals surface area contributed by atoms with Crippen molar-refractivity contribution in [1.29, 1.82) is 0 Å². The third kappa shape index (κ3) is 5.45.